The van der Waals surface area contributed by atoms with Crippen LogP contribution in [0, 0.1) is 0 Å². The van der Waals surface area contributed by atoms with Crippen molar-refractivity contribution in [2.24, 2.45) is 0 Å². The third-order valence-corrected chi connectivity index (χ3v) is 3.29. The second-order valence-corrected chi connectivity index (χ2v) is 5.46. The Morgan fingerprint density at radius 3 is 2.67 bits per heavy atom. The van der Waals surface area contributed by atoms with Crippen LogP contribution in [0.3, 0.4) is 0 Å². The maximum Gasteiger partial charge on any atom is 0.243 e. The molecule has 1 amide bonds. The molecule has 2 rings (SSSR count). The minimum Gasteiger partial charge on any atom is -0.380 e. The highest BCUT2D eigenvalue weighted by molar-refractivity contribution is 9.10. The number of halogens is 1. The van der Waals surface area contributed by atoms with E-state index < -0.39 is 0 Å². The number of nitrogens with one attached hydrogen (secondary N) is 2. The van der Waals surface area contributed by atoms with Crippen LogP contribution in [0.15, 0.2) is 53.0 Å². The molecule has 0 aliphatic carbocycles. The Morgan fingerprint density at radius 1 is 1.14 bits per heavy atom. The Balaban J connectivity index is 1.87. The van der Waals surface area contributed by atoms with Crippen molar-refractivity contribution in [3.8, 4) is 0 Å². The zero-order valence-electron chi connectivity index (χ0n) is 11.7. The molecule has 2 N–H and O–H groups in total. The van der Waals surface area contributed by atoms with E-state index >= 15 is 0 Å². The van der Waals surface area contributed by atoms with Crippen LogP contribution < -0.4 is 10.6 Å². The van der Waals surface area contributed by atoms with Crippen molar-refractivity contribution in [2.45, 2.75) is 6.61 Å². The van der Waals surface area contributed by atoms with Crippen molar-refractivity contribution in [1.29, 1.82) is 0 Å². The van der Waals surface area contributed by atoms with Gasteiger partial charge in [-0.15, -0.1) is 0 Å². The van der Waals surface area contributed by atoms with E-state index in [9.17, 15) is 4.79 Å². The van der Waals surface area contributed by atoms with E-state index in [0.717, 1.165) is 21.4 Å². The van der Waals surface area contributed by atoms with Crippen LogP contribution >= 0.6 is 15.9 Å². The number of ether oxygens (including phenoxy) is 1. The van der Waals surface area contributed by atoms with Crippen LogP contribution in [0.4, 0.5) is 11.4 Å². The summed E-state index contributed by atoms with van der Waals surface area (Å²) in [5.41, 5.74) is 2.73. The fourth-order valence-corrected chi connectivity index (χ4v) is 2.29. The smallest absolute Gasteiger partial charge is 0.243 e. The molecule has 0 spiro atoms. The molecular weight excluding hydrogens is 332 g/mol. The Labute approximate surface area is 132 Å². The van der Waals surface area contributed by atoms with Gasteiger partial charge in [-0.2, -0.15) is 0 Å². The van der Waals surface area contributed by atoms with Crippen molar-refractivity contribution in [3.63, 3.8) is 0 Å². The number of methoxy groups -OCH3 is 1. The fourth-order valence-electron chi connectivity index (χ4n) is 1.89. The zero-order valence-corrected chi connectivity index (χ0v) is 13.3. The van der Waals surface area contributed by atoms with Gasteiger partial charge in [-0.1, -0.05) is 34.1 Å². The summed E-state index contributed by atoms with van der Waals surface area (Å²) in [7, 11) is 1.66. The van der Waals surface area contributed by atoms with Gasteiger partial charge in [-0.25, -0.2) is 0 Å². The average Bonchev–Trinajstić information content (AvgIpc) is 2.46. The summed E-state index contributed by atoms with van der Waals surface area (Å²) in [6.07, 6.45) is 0. The van der Waals surface area contributed by atoms with Gasteiger partial charge in [-0.3, -0.25) is 4.79 Å². The lowest BCUT2D eigenvalue weighted by molar-refractivity contribution is -0.114. The number of hydrogen-bond donors (Lipinski definition) is 2. The van der Waals surface area contributed by atoms with Gasteiger partial charge < -0.3 is 15.4 Å². The average molecular weight is 349 g/mol. The van der Waals surface area contributed by atoms with Gasteiger partial charge in [0.15, 0.2) is 0 Å². The predicted molar refractivity (Wildman–Crippen MR) is 88.4 cm³/mol. The van der Waals surface area contributed by atoms with Crippen molar-refractivity contribution in [2.75, 3.05) is 24.3 Å². The molecule has 0 saturated carbocycles. The molecule has 0 aromatic heterocycles. The molecule has 0 heterocycles. The summed E-state index contributed by atoms with van der Waals surface area (Å²) in [5, 5.41) is 5.94. The summed E-state index contributed by atoms with van der Waals surface area (Å²) in [5.74, 6) is -0.0924. The monoisotopic (exact) mass is 348 g/mol. The van der Waals surface area contributed by atoms with Gasteiger partial charge >= 0.3 is 0 Å². The highest BCUT2D eigenvalue weighted by atomic mass is 79.9. The molecule has 0 radical (unpaired) electrons. The van der Waals surface area contributed by atoms with Crippen molar-refractivity contribution < 1.29 is 9.53 Å². The molecule has 0 atom stereocenters. The standard InChI is InChI=1S/C16H17BrN2O2/c1-21-11-12-4-2-6-14(8-12)18-10-16(20)19-15-7-3-5-13(17)9-15/h2-9,18H,10-11H2,1H3,(H,19,20). The first-order valence-corrected chi connectivity index (χ1v) is 7.34. The molecule has 0 bridgehead atoms. The quantitative estimate of drug-likeness (QED) is 0.837. The van der Waals surface area contributed by atoms with Crippen LogP contribution in [0.2, 0.25) is 0 Å². The minimum atomic E-state index is -0.0924. The second-order valence-electron chi connectivity index (χ2n) is 4.55. The summed E-state index contributed by atoms with van der Waals surface area (Å²) < 4.78 is 6.02. The molecule has 21 heavy (non-hydrogen) atoms. The topological polar surface area (TPSA) is 50.4 Å². The molecule has 0 saturated heterocycles. The SMILES string of the molecule is COCc1cccc(NCC(=O)Nc2cccc(Br)c2)c1. The first-order valence-electron chi connectivity index (χ1n) is 6.54. The van der Waals surface area contributed by atoms with Gasteiger partial charge in [-0.05, 0) is 35.9 Å². The highest BCUT2D eigenvalue weighted by Crippen LogP contribution is 2.15. The molecule has 110 valence electrons. The Hall–Kier alpha value is -1.85. The van der Waals surface area contributed by atoms with Crippen molar-refractivity contribution in [1.82, 2.24) is 0 Å². The number of amides is 1. The summed E-state index contributed by atoms with van der Waals surface area (Å²) in [4.78, 5) is 11.9. The van der Waals surface area contributed by atoms with Crippen molar-refractivity contribution in [3.05, 3.63) is 58.6 Å². The van der Waals surface area contributed by atoms with Crippen LogP contribution in [0.1, 0.15) is 5.56 Å². The first kappa shape index (κ1) is 15.5. The van der Waals surface area contributed by atoms with Gasteiger partial charge in [0.1, 0.15) is 0 Å². The van der Waals surface area contributed by atoms with Crippen LogP contribution in [-0.2, 0) is 16.1 Å². The third kappa shape index (κ3) is 5.21. The molecule has 0 fully saturated rings. The molecule has 2 aromatic carbocycles. The summed E-state index contributed by atoms with van der Waals surface area (Å²) >= 11 is 3.37. The van der Waals surface area contributed by atoms with E-state index in [1.807, 2.05) is 48.5 Å². The number of carbonyl (C=O) groups excluding carboxylic acids is 1. The van der Waals surface area contributed by atoms with Crippen molar-refractivity contribution >= 4 is 33.2 Å². The van der Waals surface area contributed by atoms with Crippen LogP contribution in [0.25, 0.3) is 0 Å². The van der Waals surface area contributed by atoms with E-state index in [-0.39, 0.29) is 12.5 Å². The summed E-state index contributed by atoms with van der Waals surface area (Å²) in [6.45, 7) is 0.767. The maximum absolute atomic E-state index is 11.9. The molecule has 0 aliphatic rings. The van der Waals surface area contributed by atoms with E-state index in [4.69, 9.17) is 4.74 Å². The fraction of sp³-hybridized carbons (Fsp3) is 0.188. The van der Waals surface area contributed by atoms with Crippen LogP contribution in [0.5, 0.6) is 0 Å². The Bertz CT molecular complexity index is 617. The maximum atomic E-state index is 11.9. The largest absolute Gasteiger partial charge is 0.380 e. The van der Waals surface area contributed by atoms with E-state index in [1.165, 1.54) is 0 Å². The number of hydrogen-bond acceptors (Lipinski definition) is 3. The van der Waals surface area contributed by atoms with E-state index in [2.05, 4.69) is 26.6 Å². The number of carbonyl (C=O) groups is 1. The number of benzene rings is 2. The number of rotatable bonds is 6. The molecule has 0 unspecified atom stereocenters. The second kappa shape index (κ2) is 7.81. The lowest BCUT2D eigenvalue weighted by atomic mass is 10.2. The number of anilines is 2. The normalized spacial score (nSPS) is 10.2. The van der Waals surface area contributed by atoms with Gasteiger partial charge in [0.05, 0.1) is 13.2 Å². The predicted octanol–water partition coefficient (Wildman–Crippen LogP) is 3.65. The molecule has 2 aromatic rings. The van der Waals surface area contributed by atoms with E-state index in [1.54, 1.807) is 7.11 Å². The first-order chi connectivity index (χ1) is 10.2. The molecule has 5 heteroatoms. The Morgan fingerprint density at radius 2 is 1.90 bits per heavy atom. The third-order valence-electron chi connectivity index (χ3n) is 2.80. The lowest BCUT2D eigenvalue weighted by Gasteiger charge is -2.09. The minimum absolute atomic E-state index is 0.0924. The van der Waals surface area contributed by atoms with Gasteiger partial charge in [0.2, 0.25) is 5.91 Å². The van der Waals surface area contributed by atoms with Gasteiger partial charge in [0, 0.05) is 23.0 Å². The van der Waals surface area contributed by atoms with E-state index in [0.29, 0.717) is 6.61 Å². The van der Waals surface area contributed by atoms with Gasteiger partial charge in [0.25, 0.3) is 0 Å². The highest BCUT2D eigenvalue weighted by Gasteiger charge is 2.03. The Kier molecular flexibility index (Phi) is 5.78. The molecule has 4 nitrogen and oxygen atoms in total. The molecular formula is C16H17BrN2O2. The molecule has 0 aliphatic heterocycles. The zero-order chi connectivity index (χ0) is 15.1. The summed E-state index contributed by atoms with van der Waals surface area (Å²) in [6, 6.07) is 15.3. The van der Waals surface area contributed by atoms with Crippen LogP contribution in [-0.4, -0.2) is 19.6 Å². The lowest BCUT2D eigenvalue weighted by Crippen LogP contribution is -2.21.